The molecule has 0 saturated heterocycles. The fourth-order valence-electron chi connectivity index (χ4n) is 8.79. The normalized spacial score (nSPS) is 13.3. The van der Waals surface area contributed by atoms with Crippen LogP contribution in [0.5, 0.6) is 0 Å². The summed E-state index contributed by atoms with van der Waals surface area (Å²) in [6.07, 6.45) is 0. The Morgan fingerprint density at radius 3 is 1.82 bits per heavy atom. The molecule has 0 radical (unpaired) electrons. The minimum Gasteiger partial charge on any atom is -0.310 e. The second-order valence-electron chi connectivity index (χ2n) is 14.8. The zero-order chi connectivity index (χ0) is 34.4. The summed E-state index contributed by atoms with van der Waals surface area (Å²) in [5.74, 6) is 0. The van der Waals surface area contributed by atoms with E-state index in [0.717, 1.165) is 11.4 Å². The first-order valence-corrected chi connectivity index (χ1v) is 17.9. The van der Waals surface area contributed by atoms with Crippen LogP contribution >= 0.6 is 0 Å². The van der Waals surface area contributed by atoms with E-state index in [9.17, 15) is 0 Å². The number of aromatic nitrogens is 1. The van der Waals surface area contributed by atoms with Gasteiger partial charge >= 0.3 is 0 Å². The van der Waals surface area contributed by atoms with Crippen LogP contribution in [0.3, 0.4) is 0 Å². The molecule has 0 N–H and O–H groups in total. The first-order chi connectivity index (χ1) is 24.9. The van der Waals surface area contributed by atoms with Crippen molar-refractivity contribution < 1.29 is 0 Å². The number of nitrogens with zero attached hydrogens (tertiary/aromatic N) is 2. The van der Waals surface area contributed by atoms with Crippen LogP contribution in [0.4, 0.5) is 17.1 Å². The molecule has 2 nitrogen and oxygen atoms in total. The van der Waals surface area contributed by atoms with Gasteiger partial charge in [0.2, 0.25) is 0 Å². The zero-order valence-electron chi connectivity index (χ0n) is 29.4. The van der Waals surface area contributed by atoms with Crippen molar-refractivity contribution in [2.24, 2.45) is 0 Å². The molecular formula is C49H38N2. The molecule has 9 aromatic rings. The van der Waals surface area contributed by atoms with Crippen molar-refractivity contribution in [1.29, 1.82) is 0 Å². The number of para-hydroxylation sites is 1. The van der Waals surface area contributed by atoms with Crippen LogP contribution in [-0.4, -0.2) is 4.57 Å². The van der Waals surface area contributed by atoms with Gasteiger partial charge in [0.1, 0.15) is 0 Å². The van der Waals surface area contributed by atoms with Crippen LogP contribution in [0.1, 0.15) is 36.1 Å². The number of fused-ring (bicyclic) bond motifs is 9. The molecule has 0 aliphatic heterocycles. The van der Waals surface area contributed by atoms with Crippen molar-refractivity contribution in [3.05, 3.63) is 180 Å². The molecular weight excluding hydrogens is 617 g/mol. The Bertz CT molecular complexity index is 2790. The van der Waals surface area contributed by atoms with E-state index in [1.54, 1.807) is 0 Å². The van der Waals surface area contributed by atoms with E-state index in [1.165, 1.54) is 88.1 Å². The molecule has 0 amide bonds. The summed E-state index contributed by atoms with van der Waals surface area (Å²) in [7, 11) is 0. The van der Waals surface area contributed by atoms with Crippen LogP contribution in [0.2, 0.25) is 0 Å². The van der Waals surface area contributed by atoms with Gasteiger partial charge in [-0.05, 0) is 108 Å². The Morgan fingerprint density at radius 1 is 0.471 bits per heavy atom. The second-order valence-corrected chi connectivity index (χ2v) is 14.8. The maximum atomic E-state index is 2.51. The summed E-state index contributed by atoms with van der Waals surface area (Å²) in [5.41, 5.74) is 14.9. The molecule has 1 aliphatic rings. The fraction of sp³-hybridized carbons (Fsp3) is 0.102. The Morgan fingerprint density at radius 2 is 1.10 bits per heavy atom. The third kappa shape index (κ3) is 4.36. The largest absolute Gasteiger partial charge is 0.310 e. The predicted octanol–water partition coefficient (Wildman–Crippen LogP) is 13.5. The molecule has 8 aromatic carbocycles. The number of rotatable bonds is 4. The lowest BCUT2D eigenvalue weighted by molar-refractivity contribution is 0.660. The van der Waals surface area contributed by atoms with Gasteiger partial charge in [-0.2, -0.15) is 0 Å². The highest BCUT2D eigenvalue weighted by Crippen LogP contribution is 2.54. The molecule has 10 rings (SSSR count). The lowest BCUT2D eigenvalue weighted by atomic mass is 9.81. The monoisotopic (exact) mass is 654 g/mol. The van der Waals surface area contributed by atoms with E-state index in [2.05, 4.69) is 195 Å². The van der Waals surface area contributed by atoms with E-state index in [1.807, 2.05) is 0 Å². The van der Waals surface area contributed by atoms with Gasteiger partial charge in [0, 0.05) is 38.3 Å². The van der Waals surface area contributed by atoms with Gasteiger partial charge in [-0.25, -0.2) is 0 Å². The third-order valence-corrected chi connectivity index (χ3v) is 11.2. The van der Waals surface area contributed by atoms with Crippen LogP contribution in [0.25, 0.3) is 60.2 Å². The molecule has 0 atom stereocenters. The molecule has 0 unspecified atom stereocenters. The van der Waals surface area contributed by atoms with Crippen molar-refractivity contribution in [3.63, 3.8) is 0 Å². The second kappa shape index (κ2) is 10.9. The maximum Gasteiger partial charge on any atom is 0.0544 e. The molecule has 244 valence electrons. The van der Waals surface area contributed by atoms with E-state index < -0.39 is 0 Å². The molecule has 2 heteroatoms. The standard InChI is InChI=1S/C49H38N2/c1-31-21-25-45-40(27-31)41-28-32(2)22-26-46(41)51(45)47-30-43-48(38-19-11-10-18-37(38)47)39-24-23-35(29-42(39)49(43,3)4)50(34-15-6-5-7-16-34)44-20-12-14-33-13-8-9-17-36(33)44/h5-30H,1-4H3. The Balaban J connectivity index is 1.22. The average Bonchev–Trinajstić information content (AvgIpc) is 3.58. The van der Waals surface area contributed by atoms with E-state index in [4.69, 9.17) is 0 Å². The summed E-state index contributed by atoms with van der Waals surface area (Å²) in [6, 6.07) is 58.5. The molecule has 1 aliphatic carbocycles. The van der Waals surface area contributed by atoms with Gasteiger partial charge in [0.25, 0.3) is 0 Å². The topological polar surface area (TPSA) is 8.17 Å². The molecule has 0 saturated carbocycles. The molecule has 1 heterocycles. The molecule has 0 spiro atoms. The number of benzene rings is 8. The van der Waals surface area contributed by atoms with Crippen molar-refractivity contribution in [3.8, 4) is 16.8 Å². The van der Waals surface area contributed by atoms with E-state index in [0.29, 0.717) is 0 Å². The van der Waals surface area contributed by atoms with Crippen molar-refractivity contribution >= 4 is 60.4 Å². The average molecular weight is 655 g/mol. The lowest BCUT2D eigenvalue weighted by Gasteiger charge is -2.29. The summed E-state index contributed by atoms with van der Waals surface area (Å²) in [4.78, 5) is 2.42. The number of hydrogen-bond donors (Lipinski definition) is 0. The van der Waals surface area contributed by atoms with Crippen molar-refractivity contribution in [2.45, 2.75) is 33.1 Å². The lowest BCUT2D eigenvalue weighted by Crippen LogP contribution is -2.17. The van der Waals surface area contributed by atoms with Gasteiger partial charge < -0.3 is 9.47 Å². The summed E-state index contributed by atoms with van der Waals surface area (Å²) < 4.78 is 2.51. The highest BCUT2D eigenvalue weighted by atomic mass is 15.1. The predicted molar refractivity (Wildman–Crippen MR) is 218 cm³/mol. The first-order valence-electron chi connectivity index (χ1n) is 17.9. The first kappa shape index (κ1) is 29.8. The molecule has 0 bridgehead atoms. The molecule has 0 fully saturated rings. The summed E-state index contributed by atoms with van der Waals surface area (Å²) in [5, 5.41) is 7.65. The van der Waals surface area contributed by atoms with Gasteiger partial charge in [0.15, 0.2) is 0 Å². The van der Waals surface area contributed by atoms with Crippen LogP contribution in [-0.2, 0) is 5.41 Å². The van der Waals surface area contributed by atoms with Crippen molar-refractivity contribution in [2.75, 3.05) is 4.90 Å². The summed E-state index contributed by atoms with van der Waals surface area (Å²) >= 11 is 0. The Kier molecular flexibility index (Phi) is 6.38. The van der Waals surface area contributed by atoms with E-state index >= 15 is 0 Å². The van der Waals surface area contributed by atoms with Crippen molar-refractivity contribution in [1.82, 2.24) is 4.57 Å². The number of hydrogen-bond acceptors (Lipinski definition) is 1. The van der Waals surface area contributed by atoms with E-state index in [-0.39, 0.29) is 5.41 Å². The van der Waals surface area contributed by atoms with Crippen LogP contribution < -0.4 is 4.90 Å². The Hall–Kier alpha value is -6.12. The summed E-state index contributed by atoms with van der Waals surface area (Å²) in [6.45, 7) is 9.19. The number of aryl methyl sites for hydroxylation is 2. The molecule has 1 aromatic heterocycles. The highest BCUT2D eigenvalue weighted by molar-refractivity contribution is 6.13. The minimum absolute atomic E-state index is 0.230. The third-order valence-electron chi connectivity index (χ3n) is 11.2. The van der Waals surface area contributed by atoms with Gasteiger partial charge in [-0.15, -0.1) is 0 Å². The zero-order valence-corrected chi connectivity index (χ0v) is 29.4. The molecule has 51 heavy (non-hydrogen) atoms. The fourth-order valence-corrected chi connectivity index (χ4v) is 8.79. The quantitative estimate of drug-likeness (QED) is 0.183. The van der Waals surface area contributed by atoms with Gasteiger partial charge in [0.05, 0.1) is 22.4 Å². The Labute approximate surface area is 298 Å². The van der Waals surface area contributed by atoms with Gasteiger partial charge in [-0.1, -0.05) is 122 Å². The van der Waals surface area contributed by atoms with Crippen LogP contribution in [0, 0.1) is 13.8 Å². The van der Waals surface area contributed by atoms with Gasteiger partial charge in [-0.3, -0.25) is 0 Å². The van der Waals surface area contributed by atoms with Crippen LogP contribution in [0.15, 0.2) is 158 Å². The SMILES string of the molecule is Cc1ccc2c(c1)c1cc(C)ccc1n2-c1cc2c(c3ccccc13)-c1ccc(N(c3ccccc3)c3cccc4ccccc34)cc1C2(C)C. The smallest absolute Gasteiger partial charge is 0.0544 e. The highest BCUT2D eigenvalue weighted by Gasteiger charge is 2.38. The minimum atomic E-state index is -0.230. The maximum absolute atomic E-state index is 2.51. The number of anilines is 3.